The highest BCUT2D eigenvalue weighted by Crippen LogP contribution is 2.38. The van der Waals surface area contributed by atoms with E-state index in [0.717, 1.165) is 54.5 Å². The van der Waals surface area contributed by atoms with Gasteiger partial charge in [-0.15, -0.1) is 0 Å². The van der Waals surface area contributed by atoms with Crippen molar-refractivity contribution < 1.29 is 13.2 Å². The zero-order valence-electron chi connectivity index (χ0n) is 17.8. The SMILES string of the molecule is CCc1cccc2c(N3CCC(C)CC3)c(S(=O)(=O)c3ccc(OC)cc3)cnc12. The van der Waals surface area contributed by atoms with Crippen LogP contribution in [-0.2, 0) is 16.3 Å². The van der Waals surface area contributed by atoms with Crippen LogP contribution in [0.4, 0.5) is 5.69 Å². The summed E-state index contributed by atoms with van der Waals surface area (Å²) in [5, 5.41) is 0.915. The molecular formula is C24H28N2O3S. The molecule has 2 heterocycles. The van der Waals surface area contributed by atoms with Crippen LogP contribution < -0.4 is 9.64 Å². The number of fused-ring (bicyclic) bond motifs is 1. The predicted octanol–water partition coefficient (Wildman–Crippen LogP) is 4.87. The number of aryl methyl sites for hydroxylation is 1. The molecule has 0 atom stereocenters. The zero-order valence-corrected chi connectivity index (χ0v) is 18.6. The number of benzene rings is 2. The van der Waals surface area contributed by atoms with Crippen molar-refractivity contribution in [2.45, 2.75) is 42.9 Å². The molecule has 3 aromatic rings. The number of aromatic nitrogens is 1. The number of hydrogen-bond acceptors (Lipinski definition) is 5. The van der Waals surface area contributed by atoms with Gasteiger partial charge >= 0.3 is 0 Å². The highest BCUT2D eigenvalue weighted by Gasteiger charge is 2.29. The molecule has 0 spiro atoms. The lowest BCUT2D eigenvalue weighted by atomic mass is 9.98. The molecule has 1 saturated heterocycles. The Morgan fingerprint density at radius 2 is 1.80 bits per heavy atom. The molecule has 158 valence electrons. The molecule has 2 aromatic carbocycles. The average molecular weight is 425 g/mol. The average Bonchev–Trinajstić information content (AvgIpc) is 2.78. The maximum atomic E-state index is 13.7. The molecule has 0 N–H and O–H groups in total. The van der Waals surface area contributed by atoms with E-state index >= 15 is 0 Å². The monoisotopic (exact) mass is 424 g/mol. The Labute approximate surface area is 178 Å². The maximum Gasteiger partial charge on any atom is 0.210 e. The summed E-state index contributed by atoms with van der Waals surface area (Å²) in [5.41, 5.74) is 2.81. The molecule has 30 heavy (non-hydrogen) atoms. The van der Waals surface area contributed by atoms with Gasteiger partial charge in [-0.2, -0.15) is 0 Å². The lowest BCUT2D eigenvalue weighted by Gasteiger charge is -2.34. The van der Waals surface area contributed by atoms with Gasteiger partial charge in [-0.05, 0) is 55.0 Å². The van der Waals surface area contributed by atoms with Gasteiger partial charge in [0.1, 0.15) is 10.6 Å². The van der Waals surface area contributed by atoms with Crippen molar-refractivity contribution in [3.8, 4) is 5.75 Å². The fourth-order valence-electron chi connectivity index (χ4n) is 4.17. The Morgan fingerprint density at radius 3 is 2.43 bits per heavy atom. The Kier molecular flexibility index (Phi) is 5.69. The van der Waals surface area contributed by atoms with Crippen molar-refractivity contribution in [3.05, 3.63) is 54.2 Å². The van der Waals surface area contributed by atoms with E-state index in [0.29, 0.717) is 11.7 Å². The third kappa shape index (κ3) is 3.65. The number of anilines is 1. The third-order valence-electron chi connectivity index (χ3n) is 6.06. The van der Waals surface area contributed by atoms with Crippen LogP contribution in [-0.4, -0.2) is 33.6 Å². The minimum atomic E-state index is -3.73. The minimum Gasteiger partial charge on any atom is -0.497 e. The first-order valence-corrected chi connectivity index (χ1v) is 12.0. The second kappa shape index (κ2) is 8.26. The number of nitrogens with zero attached hydrogens (tertiary/aromatic N) is 2. The first-order valence-electron chi connectivity index (χ1n) is 10.5. The molecule has 0 radical (unpaired) electrons. The van der Waals surface area contributed by atoms with Gasteiger partial charge in [-0.3, -0.25) is 4.98 Å². The van der Waals surface area contributed by atoms with Gasteiger partial charge in [0, 0.05) is 24.7 Å². The summed E-state index contributed by atoms with van der Waals surface area (Å²) in [7, 11) is -2.16. The molecule has 0 bridgehead atoms. The van der Waals surface area contributed by atoms with E-state index in [2.05, 4.69) is 29.8 Å². The standard InChI is InChI=1S/C24H28N2O3S/c1-4-18-6-5-7-21-23(18)25-16-22(24(21)26-14-12-17(2)13-15-26)30(27,28)20-10-8-19(29-3)9-11-20/h5-11,16-17H,4,12-15H2,1-3H3. The second-order valence-corrected chi connectivity index (χ2v) is 9.90. The van der Waals surface area contributed by atoms with E-state index < -0.39 is 9.84 Å². The molecule has 0 amide bonds. The highest BCUT2D eigenvalue weighted by molar-refractivity contribution is 7.91. The number of methoxy groups -OCH3 is 1. The van der Waals surface area contributed by atoms with Gasteiger partial charge in [0.05, 0.1) is 23.2 Å². The van der Waals surface area contributed by atoms with Crippen molar-refractivity contribution >= 4 is 26.4 Å². The molecule has 5 nitrogen and oxygen atoms in total. The number of ether oxygens (including phenoxy) is 1. The maximum absolute atomic E-state index is 13.7. The Bertz CT molecular complexity index is 1150. The van der Waals surface area contributed by atoms with Crippen LogP contribution in [0.2, 0.25) is 0 Å². The summed E-state index contributed by atoms with van der Waals surface area (Å²) in [4.78, 5) is 7.39. The van der Waals surface area contributed by atoms with E-state index in [1.807, 2.05) is 12.1 Å². The number of sulfone groups is 1. The third-order valence-corrected chi connectivity index (χ3v) is 7.83. The summed E-state index contributed by atoms with van der Waals surface area (Å²) in [5.74, 6) is 1.28. The van der Waals surface area contributed by atoms with Gasteiger partial charge in [0.15, 0.2) is 0 Å². The second-order valence-electron chi connectivity index (χ2n) is 7.99. The van der Waals surface area contributed by atoms with Crippen LogP contribution in [0.25, 0.3) is 10.9 Å². The van der Waals surface area contributed by atoms with Crippen LogP contribution in [0, 0.1) is 5.92 Å². The first kappa shape index (κ1) is 20.7. The quantitative estimate of drug-likeness (QED) is 0.584. The van der Waals surface area contributed by atoms with Gasteiger partial charge in [0.2, 0.25) is 9.84 Å². The van der Waals surface area contributed by atoms with Crippen molar-refractivity contribution in [3.63, 3.8) is 0 Å². The fourth-order valence-corrected chi connectivity index (χ4v) is 5.61. The minimum absolute atomic E-state index is 0.253. The van der Waals surface area contributed by atoms with E-state index in [4.69, 9.17) is 4.74 Å². The van der Waals surface area contributed by atoms with Crippen LogP contribution in [0.1, 0.15) is 32.3 Å². The predicted molar refractivity (Wildman–Crippen MR) is 120 cm³/mol. The summed E-state index contributed by atoms with van der Waals surface area (Å²) in [6.45, 7) is 6.05. The summed E-state index contributed by atoms with van der Waals surface area (Å²) < 4.78 is 32.5. The van der Waals surface area contributed by atoms with Crippen LogP contribution in [0.3, 0.4) is 0 Å². The molecule has 0 aliphatic carbocycles. The van der Waals surface area contributed by atoms with Gasteiger partial charge in [-0.25, -0.2) is 8.42 Å². The Morgan fingerprint density at radius 1 is 1.10 bits per heavy atom. The van der Waals surface area contributed by atoms with Crippen molar-refractivity contribution in [2.75, 3.05) is 25.1 Å². The number of piperidine rings is 1. The summed E-state index contributed by atoms with van der Waals surface area (Å²) >= 11 is 0. The normalized spacial score (nSPS) is 15.5. The van der Waals surface area contributed by atoms with Crippen LogP contribution in [0.5, 0.6) is 5.75 Å². The van der Waals surface area contributed by atoms with E-state index in [1.165, 1.54) is 0 Å². The highest BCUT2D eigenvalue weighted by atomic mass is 32.2. The van der Waals surface area contributed by atoms with Crippen LogP contribution >= 0.6 is 0 Å². The van der Waals surface area contributed by atoms with Crippen molar-refractivity contribution in [1.29, 1.82) is 0 Å². The number of pyridine rings is 1. The molecule has 4 rings (SSSR count). The number of para-hydroxylation sites is 1. The lowest BCUT2D eigenvalue weighted by molar-refractivity contribution is 0.414. The fraction of sp³-hybridized carbons (Fsp3) is 0.375. The Hall–Kier alpha value is -2.60. The molecule has 1 fully saturated rings. The number of rotatable bonds is 5. The van der Waals surface area contributed by atoms with Gasteiger partial charge in [-0.1, -0.05) is 32.0 Å². The Balaban J connectivity index is 1.93. The van der Waals surface area contributed by atoms with Crippen molar-refractivity contribution in [2.24, 2.45) is 5.92 Å². The lowest BCUT2D eigenvalue weighted by Crippen LogP contribution is -2.34. The van der Waals surface area contributed by atoms with E-state index in [-0.39, 0.29) is 9.79 Å². The molecule has 1 aliphatic heterocycles. The topological polar surface area (TPSA) is 59.5 Å². The van der Waals surface area contributed by atoms with Crippen LogP contribution in [0.15, 0.2) is 58.5 Å². The van der Waals surface area contributed by atoms with Gasteiger partial charge in [0.25, 0.3) is 0 Å². The first-order chi connectivity index (χ1) is 14.5. The smallest absolute Gasteiger partial charge is 0.210 e. The molecule has 1 aromatic heterocycles. The largest absolute Gasteiger partial charge is 0.497 e. The van der Waals surface area contributed by atoms with E-state index in [9.17, 15) is 8.42 Å². The molecule has 1 aliphatic rings. The summed E-state index contributed by atoms with van der Waals surface area (Å²) in [6, 6.07) is 12.6. The van der Waals surface area contributed by atoms with Gasteiger partial charge < -0.3 is 9.64 Å². The molecule has 0 unspecified atom stereocenters. The van der Waals surface area contributed by atoms with Crippen molar-refractivity contribution in [1.82, 2.24) is 4.98 Å². The molecular weight excluding hydrogens is 396 g/mol. The molecule has 0 saturated carbocycles. The zero-order chi connectivity index (χ0) is 21.3. The van der Waals surface area contributed by atoms with E-state index in [1.54, 1.807) is 37.6 Å². The summed E-state index contributed by atoms with van der Waals surface area (Å²) in [6.07, 6.45) is 4.51. The molecule has 6 heteroatoms. The number of hydrogen-bond donors (Lipinski definition) is 0.